The molecule has 0 aromatic carbocycles. The van der Waals surface area contributed by atoms with E-state index in [-0.39, 0.29) is 49.1 Å². The molecule has 2 rings (SSSR count). The number of carbonyl (C=O) groups excluding carboxylic acids is 2. The first-order chi connectivity index (χ1) is 12.9. The van der Waals surface area contributed by atoms with Crippen molar-refractivity contribution in [3.63, 3.8) is 0 Å². The summed E-state index contributed by atoms with van der Waals surface area (Å²) in [6.07, 6.45) is 3.88. The van der Waals surface area contributed by atoms with Crippen LogP contribution in [-0.2, 0) is 9.59 Å². The SMILES string of the molecule is CCN(CC1CCN(c2ccccn2)CC1)C(=O)CNC(=O)[C@@H](N)C(C)C.Cl.Cl. The van der Waals surface area contributed by atoms with Crippen molar-refractivity contribution >= 4 is 42.4 Å². The Hall–Kier alpha value is -1.57. The number of nitrogens with one attached hydrogen (secondary N) is 1. The highest BCUT2D eigenvalue weighted by Crippen LogP contribution is 2.22. The number of hydrogen-bond donors (Lipinski definition) is 2. The third-order valence-corrected chi connectivity index (χ3v) is 5.24. The molecule has 1 aromatic rings. The molecular formula is C20H35Cl2N5O2. The average molecular weight is 448 g/mol. The van der Waals surface area contributed by atoms with Crippen LogP contribution in [0.5, 0.6) is 0 Å². The highest BCUT2D eigenvalue weighted by atomic mass is 35.5. The van der Waals surface area contributed by atoms with E-state index < -0.39 is 6.04 Å². The zero-order chi connectivity index (χ0) is 19.8. The Labute approximate surface area is 186 Å². The Morgan fingerprint density at radius 2 is 1.93 bits per heavy atom. The van der Waals surface area contributed by atoms with Crippen molar-refractivity contribution in [2.24, 2.45) is 17.6 Å². The maximum atomic E-state index is 12.5. The first-order valence-corrected chi connectivity index (χ1v) is 9.89. The molecule has 1 fully saturated rings. The minimum absolute atomic E-state index is 0. The van der Waals surface area contributed by atoms with Gasteiger partial charge in [0.1, 0.15) is 5.82 Å². The number of aromatic nitrogens is 1. The topological polar surface area (TPSA) is 91.6 Å². The molecule has 1 aliphatic rings. The lowest BCUT2D eigenvalue weighted by molar-refractivity contribution is -0.133. The summed E-state index contributed by atoms with van der Waals surface area (Å²) < 4.78 is 0. The third-order valence-electron chi connectivity index (χ3n) is 5.24. The summed E-state index contributed by atoms with van der Waals surface area (Å²) in [6.45, 7) is 9.05. The van der Waals surface area contributed by atoms with Crippen molar-refractivity contribution in [1.82, 2.24) is 15.2 Å². The number of carbonyl (C=O) groups is 2. The zero-order valence-electron chi connectivity index (χ0n) is 17.5. The Balaban J connectivity index is 0.00000392. The molecule has 166 valence electrons. The van der Waals surface area contributed by atoms with Crippen molar-refractivity contribution in [2.75, 3.05) is 37.6 Å². The molecule has 7 nitrogen and oxygen atoms in total. The molecule has 2 heterocycles. The number of likely N-dealkylation sites (N-methyl/N-ethyl adjacent to an activating group) is 1. The average Bonchev–Trinajstić information content (AvgIpc) is 2.70. The van der Waals surface area contributed by atoms with Crippen LogP contribution >= 0.6 is 24.8 Å². The number of pyridine rings is 1. The summed E-state index contributed by atoms with van der Waals surface area (Å²) in [5.41, 5.74) is 5.82. The number of rotatable bonds is 8. The van der Waals surface area contributed by atoms with Gasteiger partial charge in [0.2, 0.25) is 11.8 Å². The number of hydrogen-bond acceptors (Lipinski definition) is 5. The molecule has 0 saturated carbocycles. The van der Waals surface area contributed by atoms with Gasteiger partial charge in [0.15, 0.2) is 0 Å². The van der Waals surface area contributed by atoms with Gasteiger partial charge in [0, 0.05) is 32.4 Å². The van der Waals surface area contributed by atoms with Crippen LogP contribution in [0.4, 0.5) is 5.82 Å². The maximum absolute atomic E-state index is 12.5. The van der Waals surface area contributed by atoms with Crippen LogP contribution < -0.4 is 16.0 Å². The molecule has 0 bridgehead atoms. The number of halogens is 2. The fraction of sp³-hybridized carbons (Fsp3) is 0.650. The highest BCUT2D eigenvalue weighted by molar-refractivity contribution is 5.87. The van der Waals surface area contributed by atoms with Crippen LogP contribution in [0.2, 0.25) is 0 Å². The largest absolute Gasteiger partial charge is 0.357 e. The molecule has 0 unspecified atom stereocenters. The van der Waals surface area contributed by atoms with Gasteiger partial charge in [-0.25, -0.2) is 4.98 Å². The molecule has 0 aliphatic carbocycles. The second-order valence-corrected chi connectivity index (χ2v) is 7.54. The lowest BCUT2D eigenvalue weighted by Crippen LogP contribution is -2.49. The minimum Gasteiger partial charge on any atom is -0.357 e. The van der Waals surface area contributed by atoms with E-state index in [1.54, 1.807) is 0 Å². The molecule has 1 saturated heterocycles. The van der Waals surface area contributed by atoms with Gasteiger partial charge in [-0.2, -0.15) is 0 Å². The standard InChI is InChI=1S/C20H33N5O2.2ClH/c1-4-24(18(26)13-23-20(27)19(21)15(2)3)14-16-8-11-25(12-9-16)17-7-5-6-10-22-17;;/h5-7,10,15-16,19H,4,8-9,11-14,21H2,1-3H3,(H,23,27);2*1H/t19-;;/m0../s1. The Morgan fingerprint density at radius 3 is 2.45 bits per heavy atom. The second kappa shape index (κ2) is 13.6. The molecule has 0 spiro atoms. The van der Waals surface area contributed by atoms with Crippen LogP contribution in [0.25, 0.3) is 0 Å². The first kappa shape index (κ1) is 27.4. The first-order valence-electron chi connectivity index (χ1n) is 9.89. The maximum Gasteiger partial charge on any atom is 0.241 e. The molecular weight excluding hydrogens is 413 g/mol. The van der Waals surface area contributed by atoms with Gasteiger partial charge in [0.05, 0.1) is 12.6 Å². The highest BCUT2D eigenvalue weighted by Gasteiger charge is 2.24. The van der Waals surface area contributed by atoms with Crippen molar-refractivity contribution in [3.05, 3.63) is 24.4 Å². The molecule has 1 atom stereocenters. The summed E-state index contributed by atoms with van der Waals surface area (Å²) in [7, 11) is 0. The van der Waals surface area contributed by atoms with E-state index in [4.69, 9.17) is 5.73 Å². The lowest BCUT2D eigenvalue weighted by atomic mass is 9.96. The zero-order valence-corrected chi connectivity index (χ0v) is 19.2. The normalized spacial score (nSPS) is 15.1. The smallest absolute Gasteiger partial charge is 0.241 e. The number of nitrogens with two attached hydrogens (primary N) is 1. The van der Waals surface area contributed by atoms with E-state index in [1.807, 2.05) is 50.1 Å². The summed E-state index contributed by atoms with van der Waals surface area (Å²) in [4.78, 5) is 33.0. The van der Waals surface area contributed by atoms with Gasteiger partial charge in [0.25, 0.3) is 0 Å². The fourth-order valence-electron chi connectivity index (χ4n) is 3.30. The monoisotopic (exact) mass is 447 g/mol. The molecule has 0 radical (unpaired) electrons. The summed E-state index contributed by atoms with van der Waals surface area (Å²) in [5, 5.41) is 2.67. The van der Waals surface area contributed by atoms with Gasteiger partial charge in [-0.15, -0.1) is 24.8 Å². The van der Waals surface area contributed by atoms with E-state index in [0.29, 0.717) is 12.5 Å². The summed E-state index contributed by atoms with van der Waals surface area (Å²) >= 11 is 0. The molecule has 3 N–H and O–H groups in total. The van der Waals surface area contributed by atoms with Gasteiger partial charge < -0.3 is 20.9 Å². The number of nitrogens with zero attached hydrogens (tertiary/aromatic N) is 3. The predicted octanol–water partition coefficient (Wildman–Crippen LogP) is 2.09. The van der Waals surface area contributed by atoms with Crippen molar-refractivity contribution in [3.8, 4) is 0 Å². The second-order valence-electron chi connectivity index (χ2n) is 7.54. The Kier molecular flexibility index (Phi) is 12.9. The summed E-state index contributed by atoms with van der Waals surface area (Å²) in [6, 6.07) is 5.38. The van der Waals surface area contributed by atoms with Crippen LogP contribution in [-0.4, -0.2) is 60.5 Å². The molecule has 1 aromatic heterocycles. The van der Waals surface area contributed by atoms with Crippen molar-refractivity contribution in [1.29, 1.82) is 0 Å². The van der Waals surface area contributed by atoms with E-state index in [2.05, 4.69) is 15.2 Å². The number of anilines is 1. The van der Waals surface area contributed by atoms with Gasteiger partial charge in [-0.3, -0.25) is 9.59 Å². The lowest BCUT2D eigenvalue weighted by Gasteiger charge is -2.35. The Morgan fingerprint density at radius 1 is 1.28 bits per heavy atom. The van der Waals surface area contributed by atoms with Crippen LogP contribution in [0.1, 0.15) is 33.6 Å². The van der Waals surface area contributed by atoms with Crippen LogP contribution in [0.3, 0.4) is 0 Å². The summed E-state index contributed by atoms with van der Waals surface area (Å²) in [5.74, 6) is 1.23. The Bertz CT molecular complexity index is 610. The van der Waals surface area contributed by atoms with Crippen molar-refractivity contribution < 1.29 is 9.59 Å². The molecule has 2 amide bonds. The van der Waals surface area contributed by atoms with E-state index in [9.17, 15) is 9.59 Å². The van der Waals surface area contributed by atoms with Gasteiger partial charge in [-0.1, -0.05) is 19.9 Å². The van der Waals surface area contributed by atoms with E-state index in [0.717, 1.165) is 38.3 Å². The van der Waals surface area contributed by atoms with Gasteiger partial charge in [-0.05, 0) is 43.7 Å². The van der Waals surface area contributed by atoms with Gasteiger partial charge >= 0.3 is 0 Å². The van der Waals surface area contributed by atoms with E-state index >= 15 is 0 Å². The number of piperidine rings is 1. The fourth-order valence-corrected chi connectivity index (χ4v) is 3.30. The molecule has 9 heteroatoms. The predicted molar refractivity (Wildman–Crippen MR) is 122 cm³/mol. The van der Waals surface area contributed by atoms with E-state index in [1.165, 1.54) is 0 Å². The van der Waals surface area contributed by atoms with Crippen LogP contribution in [0.15, 0.2) is 24.4 Å². The number of amides is 2. The minimum atomic E-state index is -0.580. The quantitative estimate of drug-likeness (QED) is 0.636. The van der Waals surface area contributed by atoms with Crippen LogP contribution in [0, 0.1) is 11.8 Å². The molecule has 29 heavy (non-hydrogen) atoms. The van der Waals surface area contributed by atoms with Crippen molar-refractivity contribution in [2.45, 2.75) is 39.7 Å². The third kappa shape index (κ3) is 8.36. The molecule has 1 aliphatic heterocycles.